The Morgan fingerprint density at radius 1 is 1.23 bits per heavy atom. The molecule has 1 aliphatic rings. The van der Waals surface area contributed by atoms with Crippen LogP contribution in [0.2, 0.25) is 0 Å². The molecular weight excluding hydrogens is 280 g/mol. The summed E-state index contributed by atoms with van der Waals surface area (Å²) < 4.78 is 0. The molecule has 0 aromatic heterocycles. The average molecular weight is 304 g/mol. The number of carbonyl (C=O) groups is 2. The van der Waals surface area contributed by atoms with Gasteiger partial charge in [0.05, 0.1) is 12.0 Å². The van der Waals surface area contributed by atoms with E-state index in [0.29, 0.717) is 5.56 Å². The van der Waals surface area contributed by atoms with Crippen molar-refractivity contribution in [1.82, 2.24) is 5.32 Å². The highest BCUT2D eigenvalue weighted by Gasteiger charge is 2.36. The van der Waals surface area contributed by atoms with Gasteiger partial charge in [0.2, 0.25) is 0 Å². The largest absolute Gasteiger partial charge is 0.481 e. The van der Waals surface area contributed by atoms with Gasteiger partial charge in [0.15, 0.2) is 0 Å². The molecule has 0 saturated heterocycles. The van der Waals surface area contributed by atoms with Crippen molar-refractivity contribution in [3.05, 3.63) is 29.8 Å². The number of amides is 1. The smallest absolute Gasteiger partial charge is 0.305 e. The molecule has 5 nitrogen and oxygen atoms in total. The van der Waals surface area contributed by atoms with Crippen LogP contribution in [0.15, 0.2) is 24.3 Å². The maximum atomic E-state index is 12.6. The van der Waals surface area contributed by atoms with Gasteiger partial charge in [-0.1, -0.05) is 25.3 Å². The van der Waals surface area contributed by atoms with Gasteiger partial charge >= 0.3 is 5.97 Å². The molecule has 5 heteroatoms. The van der Waals surface area contributed by atoms with E-state index in [2.05, 4.69) is 5.32 Å². The van der Waals surface area contributed by atoms with Gasteiger partial charge in [0.25, 0.3) is 5.91 Å². The van der Waals surface area contributed by atoms with E-state index < -0.39 is 11.5 Å². The third-order valence-corrected chi connectivity index (χ3v) is 4.30. The number of nitrogens with zero attached hydrogens (tertiary/aromatic N) is 1. The van der Waals surface area contributed by atoms with Gasteiger partial charge in [0.1, 0.15) is 0 Å². The summed E-state index contributed by atoms with van der Waals surface area (Å²) >= 11 is 0. The standard InChI is InChI=1S/C17H24N2O3/c1-19(2)14-8-6-7-13(11-14)16(22)18-17(12-15(20)21)9-4-3-5-10-17/h6-8,11H,3-5,9-10,12H2,1-2H3,(H,18,22)(H,20,21). The van der Waals surface area contributed by atoms with Crippen LogP contribution in [0.5, 0.6) is 0 Å². The number of nitrogens with one attached hydrogen (secondary N) is 1. The van der Waals surface area contributed by atoms with Gasteiger partial charge in [-0.15, -0.1) is 0 Å². The Balaban J connectivity index is 2.17. The molecule has 0 spiro atoms. The first kappa shape index (κ1) is 16.3. The summed E-state index contributed by atoms with van der Waals surface area (Å²) in [6.07, 6.45) is 4.49. The fourth-order valence-electron chi connectivity index (χ4n) is 3.10. The van der Waals surface area contributed by atoms with Crippen LogP contribution >= 0.6 is 0 Å². The van der Waals surface area contributed by atoms with Crippen molar-refractivity contribution in [3.8, 4) is 0 Å². The third kappa shape index (κ3) is 4.00. The topological polar surface area (TPSA) is 69.6 Å². The molecule has 0 bridgehead atoms. The lowest BCUT2D eigenvalue weighted by molar-refractivity contribution is -0.139. The summed E-state index contributed by atoms with van der Waals surface area (Å²) in [5, 5.41) is 12.2. The first-order valence-electron chi connectivity index (χ1n) is 7.74. The van der Waals surface area contributed by atoms with Crippen molar-refractivity contribution in [1.29, 1.82) is 0 Å². The zero-order chi connectivity index (χ0) is 16.2. The molecular formula is C17H24N2O3. The second-order valence-electron chi connectivity index (χ2n) is 6.31. The van der Waals surface area contributed by atoms with Crippen LogP contribution in [0.1, 0.15) is 48.9 Å². The number of aliphatic carboxylic acids is 1. The van der Waals surface area contributed by atoms with Crippen LogP contribution in [-0.2, 0) is 4.79 Å². The summed E-state index contributed by atoms with van der Waals surface area (Å²) in [4.78, 5) is 25.7. The van der Waals surface area contributed by atoms with Crippen LogP contribution in [0.4, 0.5) is 5.69 Å². The summed E-state index contributed by atoms with van der Waals surface area (Å²) in [7, 11) is 3.84. The van der Waals surface area contributed by atoms with E-state index in [1.165, 1.54) is 0 Å². The Kier molecular flexibility index (Phi) is 5.06. The number of hydrogen-bond acceptors (Lipinski definition) is 3. The Morgan fingerprint density at radius 2 is 1.91 bits per heavy atom. The summed E-state index contributed by atoms with van der Waals surface area (Å²) in [5.41, 5.74) is 0.917. The fraction of sp³-hybridized carbons (Fsp3) is 0.529. The van der Waals surface area contributed by atoms with Crippen molar-refractivity contribution in [2.75, 3.05) is 19.0 Å². The molecule has 1 aliphatic carbocycles. The van der Waals surface area contributed by atoms with E-state index in [1.807, 2.05) is 37.2 Å². The van der Waals surface area contributed by atoms with E-state index >= 15 is 0 Å². The minimum Gasteiger partial charge on any atom is -0.481 e. The van der Waals surface area contributed by atoms with Crippen LogP contribution in [0, 0.1) is 0 Å². The molecule has 120 valence electrons. The monoisotopic (exact) mass is 304 g/mol. The zero-order valence-corrected chi connectivity index (χ0v) is 13.3. The molecule has 22 heavy (non-hydrogen) atoms. The van der Waals surface area contributed by atoms with Crippen LogP contribution in [-0.4, -0.2) is 36.6 Å². The second kappa shape index (κ2) is 6.81. The molecule has 0 radical (unpaired) electrons. The highest BCUT2D eigenvalue weighted by atomic mass is 16.4. The minimum absolute atomic E-state index is 0.00783. The van der Waals surface area contributed by atoms with Crippen molar-refractivity contribution >= 4 is 17.6 Å². The maximum absolute atomic E-state index is 12.6. The summed E-state index contributed by atoms with van der Waals surface area (Å²) in [5.74, 6) is -1.05. The maximum Gasteiger partial charge on any atom is 0.305 e. The molecule has 2 rings (SSSR count). The minimum atomic E-state index is -0.857. The zero-order valence-electron chi connectivity index (χ0n) is 13.3. The van der Waals surface area contributed by atoms with E-state index in [1.54, 1.807) is 6.07 Å². The lowest BCUT2D eigenvalue weighted by Gasteiger charge is -2.37. The number of carboxylic acids is 1. The van der Waals surface area contributed by atoms with Gasteiger partial charge in [-0.05, 0) is 31.0 Å². The molecule has 0 atom stereocenters. The van der Waals surface area contributed by atoms with Crippen molar-refractivity contribution < 1.29 is 14.7 Å². The number of carbonyl (C=O) groups excluding carboxylic acids is 1. The van der Waals surface area contributed by atoms with Crippen LogP contribution in [0.25, 0.3) is 0 Å². The highest BCUT2D eigenvalue weighted by molar-refractivity contribution is 5.96. The molecule has 1 aromatic carbocycles. The second-order valence-corrected chi connectivity index (χ2v) is 6.31. The van der Waals surface area contributed by atoms with E-state index in [0.717, 1.165) is 37.8 Å². The Bertz CT molecular complexity index is 549. The quantitative estimate of drug-likeness (QED) is 0.877. The number of benzene rings is 1. The number of rotatable bonds is 5. The van der Waals surface area contributed by atoms with E-state index in [4.69, 9.17) is 0 Å². The molecule has 1 saturated carbocycles. The summed E-state index contributed by atoms with van der Waals surface area (Å²) in [6, 6.07) is 7.37. The van der Waals surface area contributed by atoms with Gasteiger partial charge in [-0.3, -0.25) is 9.59 Å². The molecule has 0 heterocycles. The van der Waals surface area contributed by atoms with Crippen LogP contribution < -0.4 is 10.2 Å². The van der Waals surface area contributed by atoms with Crippen molar-refractivity contribution in [2.24, 2.45) is 0 Å². The predicted molar refractivity (Wildman–Crippen MR) is 86.3 cm³/mol. The molecule has 1 aromatic rings. The Morgan fingerprint density at radius 3 is 2.50 bits per heavy atom. The molecule has 1 amide bonds. The molecule has 1 fully saturated rings. The molecule has 0 aliphatic heterocycles. The highest BCUT2D eigenvalue weighted by Crippen LogP contribution is 2.31. The normalized spacial score (nSPS) is 16.8. The van der Waals surface area contributed by atoms with Gasteiger partial charge < -0.3 is 15.3 Å². The van der Waals surface area contributed by atoms with E-state index in [-0.39, 0.29) is 12.3 Å². The van der Waals surface area contributed by atoms with Crippen molar-refractivity contribution in [3.63, 3.8) is 0 Å². The van der Waals surface area contributed by atoms with Crippen molar-refractivity contribution in [2.45, 2.75) is 44.1 Å². The third-order valence-electron chi connectivity index (χ3n) is 4.30. The SMILES string of the molecule is CN(C)c1cccc(C(=O)NC2(CC(=O)O)CCCCC2)c1. The lowest BCUT2D eigenvalue weighted by Crippen LogP contribution is -2.51. The molecule has 2 N–H and O–H groups in total. The Hall–Kier alpha value is -2.04. The lowest BCUT2D eigenvalue weighted by atomic mass is 9.79. The fourth-order valence-corrected chi connectivity index (χ4v) is 3.10. The number of carboxylic acid groups (broad SMARTS) is 1. The summed E-state index contributed by atoms with van der Waals surface area (Å²) in [6.45, 7) is 0. The van der Waals surface area contributed by atoms with Gasteiger partial charge in [-0.25, -0.2) is 0 Å². The predicted octanol–water partition coefficient (Wildman–Crippen LogP) is 2.66. The van der Waals surface area contributed by atoms with Crippen LogP contribution in [0.3, 0.4) is 0 Å². The molecule has 0 unspecified atom stereocenters. The first-order valence-corrected chi connectivity index (χ1v) is 7.74. The average Bonchev–Trinajstić information content (AvgIpc) is 2.47. The Labute approximate surface area is 131 Å². The number of hydrogen-bond donors (Lipinski definition) is 2. The van der Waals surface area contributed by atoms with E-state index in [9.17, 15) is 14.7 Å². The van der Waals surface area contributed by atoms with Gasteiger partial charge in [0, 0.05) is 25.3 Å². The van der Waals surface area contributed by atoms with Gasteiger partial charge in [-0.2, -0.15) is 0 Å². The number of anilines is 1. The first-order chi connectivity index (χ1) is 10.4.